The lowest BCUT2D eigenvalue weighted by molar-refractivity contribution is 0.398. The Morgan fingerprint density at radius 3 is 2.68 bits per heavy atom. The van der Waals surface area contributed by atoms with E-state index < -0.39 is 0 Å². The molecular weight excluding hydrogens is 242 g/mol. The minimum absolute atomic E-state index is 0.0231. The van der Waals surface area contributed by atoms with Crippen LogP contribution in [0.15, 0.2) is 18.5 Å². The van der Waals surface area contributed by atoms with Crippen LogP contribution in [0.5, 0.6) is 5.75 Å². The maximum Gasteiger partial charge on any atom is 0.161 e. The van der Waals surface area contributed by atoms with Gasteiger partial charge in [0, 0.05) is 20.3 Å². The molecule has 2 heterocycles. The molecule has 0 aliphatic rings. The molecule has 0 aliphatic carbocycles. The van der Waals surface area contributed by atoms with Gasteiger partial charge in [-0.1, -0.05) is 6.92 Å². The van der Waals surface area contributed by atoms with Crippen molar-refractivity contribution in [3.8, 4) is 5.75 Å². The van der Waals surface area contributed by atoms with Gasteiger partial charge in [0.1, 0.15) is 5.69 Å². The molecule has 0 saturated carbocycles. The zero-order valence-corrected chi connectivity index (χ0v) is 11.9. The fraction of sp³-hybridized carbons (Fsp3) is 0.538. The van der Waals surface area contributed by atoms with Gasteiger partial charge in [0.05, 0.1) is 25.0 Å². The van der Waals surface area contributed by atoms with Gasteiger partial charge in [0.2, 0.25) is 0 Å². The Hall–Kier alpha value is -1.82. The van der Waals surface area contributed by atoms with Crippen molar-refractivity contribution in [3.05, 3.63) is 29.8 Å². The normalized spacial score (nSPS) is 12.6. The first-order chi connectivity index (χ1) is 9.19. The number of nitrogens with zero attached hydrogens (tertiary/aromatic N) is 4. The van der Waals surface area contributed by atoms with E-state index in [2.05, 4.69) is 22.4 Å². The van der Waals surface area contributed by atoms with Crippen LogP contribution in [-0.4, -0.2) is 33.2 Å². The van der Waals surface area contributed by atoms with Crippen molar-refractivity contribution in [2.24, 2.45) is 14.1 Å². The van der Waals surface area contributed by atoms with Crippen molar-refractivity contribution in [1.29, 1.82) is 0 Å². The van der Waals surface area contributed by atoms with Gasteiger partial charge in [-0.3, -0.25) is 9.36 Å². The largest absolute Gasteiger partial charge is 0.493 e. The van der Waals surface area contributed by atoms with Gasteiger partial charge in [-0.15, -0.1) is 0 Å². The van der Waals surface area contributed by atoms with Crippen molar-refractivity contribution >= 4 is 0 Å². The van der Waals surface area contributed by atoms with Crippen LogP contribution in [0.3, 0.4) is 0 Å². The zero-order chi connectivity index (χ0) is 13.8. The summed E-state index contributed by atoms with van der Waals surface area (Å²) in [6.07, 6.45) is 4.61. The summed E-state index contributed by atoms with van der Waals surface area (Å²) in [4.78, 5) is 0. The maximum absolute atomic E-state index is 5.41. The lowest BCUT2D eigenvalue weighted by Gasteiger charge is -2.20. The summed E-state index contributed by atoms with van der Waals surface area (Å²) >= 11 is 0. The van der Waals surface area contributed by atoms with E-state index in [4.69, 9.17) is 4.74 Å². The van der Waals surface area contributed by atoms with E-state index in [1.807, 2.05) is 29.5 Å². The average molecular weight is 263 g/mol. The van der Waals surface area contributed by atoms with Crippen LogP contribution in [0.2, 0.25) is 0 Å². The molecule has 19 heavy (non-hydrogen) atoms. The van der Waals surface area contributed by atoms with Crippen LogP contribution in [0.4, 0.5) is 0 Å². The maximum atomic E-state index is 5.41. The number of nitrogens with one attached hydrogen (secondary N) is 1. The Morgan fingerprint density at radius 2 is 2.11 bits per heavy atom. The Kier molecular flexibility index (Phi) is 4.21. The number of rotatable bonds is 6. The molecular formula is C13H21N5O. The standard InChI is InChI=1S/C13H21N5O/c1-5-7-14-12(10-6-8-15-17(10)2)13-11(19-4)9-16-18(13)3/h6,8-9,12,14H,5,7H2,1-4H3. The molecule has 1 unspecified atom stereocenters. The zero-order valence-electron chi connectivity index (χ0n) is 11.9. The van der Waals surface area contributed by atoms with Gasteiger partial charge in [-0.25, -0.2) is 0 Å². The van der Waals surface area contributed by atoms with Gasteiger partial charge in [0.25, 0.3) is 0 Å². The van der Waals surface area contributed by atoms with E-state index in [0.717, 1.165) is 30.1 Å². The third kappa shape index (κ3) is 2.63. The second-order valence-electron chi connectivity index (χ2n) is 4.49. The molecule has 6 nitrogen and oxygen atoms in total. The highest BCUT2D eigenvalue weighted by molar-refractivity contribution is 5.33. The van der Waals surface area contributed by atoms with Gasteiger partial charge < -0.3 is 10.1 Å². The van der Waals surface area contributed by atoms with E-state index >= 15 is 0 Å². The SMILES string of the molecule is CCCNC(c1ccnn1C)c1c(OC)cnn1C. The van der Waals surface area contributed by atoms with Crippen LogP contribution in [0.25, 0.3) is 0 Å². The minimum atomic E-state index is 0.0231. The van der Waals surface area contributed by atoms with E-state index in [1.54, 1.807) is 19.5 Å². The molecule has 1 atom stereocenters. The third-order valence-electron chi connectivity index (χ3n) is 3.20. The van der Waals surface area contributed by atoms with Crippen LogP contribution in [-0.2, 0) is 14.1 Å². The van der Waals surface area contributed by atoms with Gasteiger partial charge in [-0.05, 0) is 19.0 Å². The first kappa shape index (κ1) is 13.6. The summed E-state index contributed by atoms with van der Waals surface area (Å²) < 4.78 is 9.13. The van der Waals surface area contributed by atoms with E-state index in [-0.39, 0.29) is 6.04 Å². The highest BCUT2D eigenvalue weighted by Crippen LogP contribution is 2.29. The Labute approximate surface area is 113 Å². The second-order valence-corrected chi connectivity index (χ2v) is 4.49. The Morgan fingerprint density at radius 1 is 1.32 bits per heavy atom. The number of hydrogen-bond acceptors (Lipinski definition) is 4. The summed E-state index contributed by atoms with van der Waals surface area (Å²) in [5, 5.41) is 12.1. The van der Waals surface area contributed by atoms with E-state index in [1.165, 1.54) is 0 Å². The summed E-state index contributed by atoms with van der Waals surface area (Å²) in [5.41, 5.74) is 2.11. The second kappa shape index (κ2) is 5.88. The molecule has 2 aromatic rings. The molecule has 0 fully saturated rings. The number of aromatic nitrogens is 4. The lowest BCUT2D eigenvalue weighted by Crippen LogP contribution is -2.27. The van der Waals surface area contributed by atoms with Crippen LogP contribution < -0.4 is 10.1 Å². The first-order valence-electron chi connectivity index (χ1n) is 6.46. The number of methoxy groups -OCH3 is 1. The molecule has 0 spiro atoms. The molecule has 0 aromatic carbocycles. The molecule has 6 heteroatoms. The minimum Gasteiger partial charge on any atom is -0.493 e. The predicted molar refractivity (Wildman–Crippen MR) is 73.1 cm³/mol. The highest BCUT2D eigenvalue weighted by Gasteiger charge is 2.24. The van der Waals surface area contributed by atoms with Crippen LogP contribution >= 0.6 is 0 Å². The highest BCUT2D eigenvalue weighted by atomic mass is 16.5. The summed E-state index contributed by atoms with van der Waals surface area (Å²) in [7, 11) is 5.54. The molecule has 104 valence electrons. The van der Waals surface area contributed by atoms with Crippen molar-refractivity contribution in [2.45, 2.75) is 19.4 Å². The lowest BCUT2D eigenvalue weighted by atomic mass is 10.1. The van der Waals surface area contributed by atoms with Crippen molar-refractivity contribution in [3.63, 3.8) is 0 Å². The van der Waals surface area contributed by atoms with Gasteiger partial charge >= 0.3 is 0 Å². The smallest absolute Gasteiger partial charge is 0.161 e. The average Bonchev–Trinajstić information content (AvgIpc) is 2.98. The molecule has 0 bridgehead atoms. The molecule has 1 N–H and O–H groups in total. The summed E-state index contributed by atoms with van der Waals surface area (Å²) in [6.45, 7) is 3.07. The summed E-state index contributed by atoms with van der Waals surface area (Å²) in [6, 6.07) is 2.04. The van der Waals surface area contributed by atoms with E-state index in [0.29, 0.717) is 0 Å². The Balaban J connectivity index is 2.42. The number of ether oxygens (including phenoxy) is 1. The number of hydrogen-bond donors (Lipinski definition) is 1. The summed E-state index contributed by atoms with van der Waals surface area (Å²) in [5.74, 6) is 0.789. The Bertz CT molecular complexity index is 531. The van der Waals surface area contributed by atoms with E-state index in [9.17, 15) is 0 Å². The fourth-order valence-corrected chi connectivity index (χ4v) is 2.21. The van der Waals surface area contributed by atoms with Crippen LogP contribution in [0.1, 0.15) is 30.8 Å². The van der Waals surface area contributed by atoms with Crippen LogP contribution in [0, 0.1) is 0 Å². The molecule has 0 amide bonds. The quantitative estimate of drug-likeness (QED) is 0.852. The van der Waals surface area contributed by atoms with Crippen molar-refractivity contribution < 1.29 is 4.74 Å². The first-order valence-corrected chi connectivity index (χ1v) is 6.46. The molecule has 0 aliphatic heterocycles. The molecule has 2 aromatic heterocycles. The van der Waals surface area contributed by atoms with Crippen molar-refractivity contribution in [2.75, 3.05) is 13.7 Å². The topological polar surface area (TPSA) is 56.9 Å². The molecule has 2 rings (SSSR count). The van der Waals surface area contributed by atoms with Crippen molar-refractivity contribution in [1.82, 2.24) is 24.9 Å². The third-order valence-corrected chi connectivity index (χ3v) is 3.20. The predicted octanol–water partition coefficient (Wildman–Crippen LogP) is 1.25. The van der Waals surface area contributed by atoms with Gasteiger partial charge in [-0.2, -0.15) is 10.2 Å². The fourth-order valence-electron chi connectivity index (χ4n) is 2.21. The monoisotopic (exact) mass is 263 g/mol. The molecule has 0 saturated heterocycles. The molecule has 0 radical (unpaired) electrons. The number of aryl methyl sites for hydroxylation is 2. The van der Waals surface area contributed by atoms with Gasteiger partial charge in [0.15, 0.2) is 5.75 Å².